The van der Waals surface area contributed by atoms with E-state index >= 15 is 0 Å². The number of phenols is 1. The second kappa shape index (κ2) is 14.4. The summed E-state index contributed by atoms with van der Waals surface area (Å²) in [5.74, 6) is -6.86. The lowest BCUT2D eigenvalue weighted by molar-refractivity contribution is -0.143. The van der Waals surface area contributed by atoms with E-state index in [-0.39, 0.29) is 12.2 Å². The van der Waals surface area contributed by atoms with Crippen molar-refractivity contribution in [2.45, 2.75) is 62.9 Å². The zero-order valence-electron chi connectivity index (χ0n) is 19.9. The molecule has 15 heteroatoms. The van der Waals surface area contributed by atoms with Gasteiger partial charge < -0.3 is 47.8 Å². The number of aliphatic carboxylic acids is 2. The van der Waals surface area contributed by atoms with E-state index in [4.69, 9.17) is 16.6 Å². The first-order valence-corrected chi connectivity index (χ1v) is 11.1. The molecule has 0 aliphatic rings. The molecule has 0 spiro atoms. The fraction of sp³-hybridized carbons (Fsp3) is 0.455. The van der Waals surface area contributed by atoms with E-state index in [0.29, 0.717) is 5.56 Å². The lowest BCUT2D eigenvalue weighted by atomic mass is 10.0. The number of aliphatic hydroxyl groups is 1. The van der Waals surface area contributed by atoms with E-state index in [0.717, 1.165) is 0 Å². The molecule has 0 bridgehead atoms. The summed E-state index contributed by atoms with van der Waals surface area (Å²) in [4.78, 5) is 71.9. The van der Waals surface area contributed by atoms with Gasteiger partial charge in [-0.05, 0) is 31.0 Å². The van der Waals surface area contributed by atoms with E-state index in [1.165, 1.54) is 31.2 Å². The van der Waals surface area contributed by atoms with Crippen molar-refractivity contribution in [3.8, 4) is 5.75 Å². The molecule has 1 rings (SSSR count). The van der Waals surface area contributed by atoms with Crippen molar-refractivity contribution in [3.05, 3.63) is 29.8 Å². The minimum Gasteiger partial charge on any atom is -0.508 e. The average Bonchev–Trinajstić information content (AvgIpc) is 2.80. The van der Waals surface area contributed by atoms with Crippen LogP contribution in [0.1, 0.15) is 31.7 Å². The number of carboxylic acids is 2. The Kier molecular flexibility index (Phi) is 11.9. The second-order valence-electron chi connectivity index (χ2n) is 8.26. The number of carboxylic acid groups (broad SMARTS) is 2. The van der Waals surface area contributed by atoms with Crippen molar-refractivity contribution in [1.29, 1.82) is 0 Å². The summed E-state index contributed by atoms with van der Waals surface area (Å²) >= 11 is 0. The number of nitrogens with one attached hydrogen (secondary N) is 3. The van der Waals surface area contributed by atoms with Crippen LogP contribution in [0.5, 0.6) is 5.75 Å². The number of carbonyl (C=O) groups excluding carboxylic acids is 4. The van der Waals surface area contributed by atoms with Gasteiger partial charge in [0.25, 0.3) is 0 Å². The number of aromatic hydroxyl groups is 1. The highest BCUT2D eigenvalue weighted by atomic mass is 16.4. The van der Waals surface area contributed by atoms with Crippen LogP contribution in [0.2, 0.25) is 0 Å². The molecule has 0 fully saturated rings. The topological polar surface area (TPSA) is 271 Å². The maximum absolute atomic E-state index is 13.0. The van der Waals surface area contributed by atoms with Gasteiger partial charge in [-0.3, -0.25) is 24.0 Å². The van der Waals surface area contributed by atoms with Crippen molar-refractivity contribution < 1.29 is 49.2 Å². The standard InChI is InChI=1S/C22H31N5O10/c1-10(28)18(24)21(35)27-15(9-16(23)30)20(34)26-14(8-11-2-4-12(29)5-3-11)19(33)25-13(22(36)37)6-7-17(31)32/h2-5,10,13-15,18,28-29H,6-9,24H2,1H3,(H2,23,30)(H,25,33)(H,26,34)(H,27,35)(H,31,32)(H,36,37). The van der Waals surface area contributed by atoms with E-state index in [1.807, 2.05) is 0 Å². The van der Waals surface area contributed by atoms with Crippen LogP contribution >= 0.6 is 0 Å². The molecule has 5 atom stereocenters. The Labute approximate surface area is 211 Å². The summed E-state index contributed by atoms with van der Waals surface area (Å²) in [5.41, 5.74) is 11.1. The first-order chi connectivity index (χ1) is 17.2. The Balaban J connectivity index is 3.18. The molecule has 15 nitrogen and oxygen atoms in total. The number of phenolic OH excluding ortho intramolecular Hbond substituents is 1. The van der Waals surface area contributed by atoms with Gasteiger partial charge in [-0.1, -0.05) is 12.1 Å². The number of primary amides is 1. The van der Waals surface area contributed by atoms with Crippen LogP contribution in [-0.2, 0) is 35.2 Å². The molecule has 5 unspecified atom stereocenters. The van der Waals surface area contributed by atoms with Gasteiger partial charge in [0, 0.05) is 12.8 Å². The summed E-state index contributed by atoms with van der Waals surface area (Å²) in [6.45, 7) is 1.23. The third-order valence-electron chi connectivity index (χ3n) is 5.13. The minimum atomic E-state index is -1.59. The van der Waals surface area contributed by atoms with Crippen LogP contribution in [0, 0.1) is 0 Å². The van der Waals surface area contributed by atoms with Gasteiger partial charge in [0.2, 0.25) is 23.6 Å². The van der Waals surface area contributed by atoms with E-state index in [2.05, 4.69) is 16.0 Å². The first-order valence-electron chi connectivity index (χ1n) is 11.1. The Hall–Kier alpha value is -4.24. The maximum Gasteiger partial charge on any atom is 0.326 e. The van der Waals surface area contributed by atoms with Crippen LogP contribution in [0.4, 0.5) is 0 Å². The molecule has 0 heterocycles. The maximum atomic E-state index is 13.0. The number of benzene rings is 1. The van der Waals surface area contributed by atoms with Crippen molar-refractivity contribution in [3.63, 3.8) is 0 Å². The fourth-order valence-electron chi connectivity index (χ4n) is 3.04. The summed E-state index contributed by atoms with van der Waals surface area (Å²) in [6, 6.07) is -0.582. The van der Waals surface area contributed by atoms with E-state index in [1.54, 1.807) is 0 Å². The normalized spacial score (nSPS) is 14.8. The van der Waals surface area contributed by atoms with Gasteiger partial charge in [0.1, 0.15) is 29.9 Å². The van der Waals surface area contributed by atoms with Crippen LogP contribution in [-0.4, -0.2) is 86.3 Å². The predicted octanol–water partition coefficient (Wildman–Crippen LogP) is -3.08. The van der Waals surface area contributed by atoms with Crippen LogP contribution in [0.15, 0.2) is 24.3 Å². The Morgan fingerprint density at radius 3 is 1.86 bits per heavy atom. The van der Waals surface area contributed by atoms with Crippen molar-refractivity contribution in [1.82, 2.24) is 16.0 Å². The molecule has 0 saturated carbocycles. The smallest absolute Gasteiger partial charge is 0.326 e. The van der Waals surface area contributed by atoms with Crippen LogP contribution < -0.4 is 27.4 Å². The van der Waals surface area contributed by atoms with Crippen molar-refractivity contribution in [2.75, 3.05) is 0 Å². The Morgan fingerprint density at radius 2 is 1.38 bits per heavy atom. The predicted molar refractivity (Wildman–Crippen MR) is 126 cm³/mol. The van der Waals surface area contributed by atoms with Gasteiger partial charge in [-0.25, -0.2) is 4.79 Å². The molecule has 37 heavy (non-hydrogen) atoms. The highest BCUT2D eigenvalue weighted by Gasteiger charge is 2.32. The third kappa shape index (κ3) is 10.9. The summed E-state index contributed by atoms with van der Waals surface area (Å²) in [6.07, 6.45) is -3.18. The first kappa shape index (κ1) is 30.8. The molecule has 0 saturated heterocycles. The molecule has 0 aliphatic heterocycles. The Bertz CT molecular complexity index is 998. The lowest BCUT2D eigenvalue weighted by Gasteiger charge is -2.25. The van der Waals surface area contributed by atoms with Crippen molar-refractivity contribution >= 4 is 35.6 Å². The van der Waals surface area contributed by atoms with Gasteiger partial charge >= 0.3 is 11.9 Å². The molecule has 204 valence electrons. The third-order valence-corrected chi connectivity index (χ3v) is 5.13. The van der Waals surface area contributed by atoms with Gasteiger partial charge in [0.05, 0.1) is 12.5 Å². The number of amides is 4. The summed E-state index contributed by atoms with van der Waals surface area (Å²) in [5, 5.41) is 43.8. The van der Waals surface area contributed by atoms with Crippen LogP contribution in [0.25, 0.3) is 0 Å². The minimum absolute atomic E-state index is 0.0768. The molecule has 11 N–H and O–H groups in total. The zero-order chi connectivity index (χ0) is 28.3. The molecular formula is C22H31N5O10. The number of aliphatic hydroxyl groups excluding tert-OH is 1. The van der Waals surface area contributed by atoms with E-state index < -0.39 is 85.1 Å². The highest BCUT2D eigenvalue weighted by Crippen LogP contribution is 2.12. The quantitative estimate of drug-likeness (QED) is 0.111. The van der Waals surface area contributed by atoms with Crippen molar-refractivity contribution in [2.24, 2.45) is 11.5 Å². The fourth-order valence-corrected chi connectivity index (χ4v) is 3.04. The molecule has 1 aromatic carbocycles. The molecule has 0 radical (unpaired) electrons. The highest BCUT2D eigenvalue weighted by molar-refractivity contribution is 5.96. The Morgan fingerprint density at radius 1 is 0.865 bits per heavy atom. The largest absolute Gasteiger partial charge is 0.508 e. The molecule has 0 aliphatic carbocycles. The second-order valence-corrected chi connectivity index (χ2v) is 8.26. The average molecular weight is 526 g/mol. The number of carbonyl (C=O) groups is 6. The molecule has 0 aromatic heterocycles. The number of hydrogen-bond donors (Lipinski definition) is 9. The number of nitrogens with two attached hydrogens (primary N) is 2. The SMILES string of the molecule is CC(O)C(N)C(=O)NC(CC(N)=O)C(=O)NC(Cc1ccc(O)cc1)C(=O)NC(CCC(=O)O)C(=O)O. The number of hydrogen-bond acceptors (Lipinski definition) is 9. The number of rotatable bonds is 15. The van der Waals surface area contributed by atoms with Gasteiger partial charge in [0.15, 0.2) is 0 Å². The van der Waals surface area contributed by atoms with E-state index in [9.17, 15) is 44.1 Å². The molecular weight excluding hydrogens is 494 g/mol. The molecule has 1 aromatic rings. The lowest BCUT2D eigenvalue weighted by Crippen LogP contribution is -2.59. The van der Waals surface area contributed by atoms with Gasteiger partial charge in [-0.15, -0.1) is 0 Å². The van der Waals surface area contributed by atoms with Crippen LogP contribution in [0.3, 0.4) is 0 Å². The monoisotopic (exact) mass is 525 g/mol. The van der Waals surface area contributed by atoms with Gasteiger partial charge in [-0.2, -0.15) is 0 Å². The molecule has 4 amide bonds. The summed E-state index contributed by atoms with van der Waals surface area (Å²) in [7, 11) is 0. The zero-order valence-corrected chi connectivity index (χ0v) is 19.9. The summed E-state index contributed by atoms with van der Waals surface area (Å²) < 4.78 is 0.